The Balaban J connectivity index is 1.40. The molecule has 38 heavy (non-hydrogen) atoms. The molecular formula is C32H30N2O4. The molecule has 6 heteroatoms. The molecule has 0 radical (unpaired) electrons. The van der Waals surface area contributed by atoms with Gasteiger partial charge in [0.05, 0.1) is 11.1 Å². The molecule has 4 aromatic rings. The standard InChI is InChI=1S/C32H30N2O4/c1-20-18-37-29-16-23-10-4-2-8-21(23)14-25(29)31(35)33-27-12-6-7-13-28(27)34-32(36)26-15-22-9-3-5-11-24(22)17-30(26)38-19-20/h2-5,8-11,14-17,27-28H,1,6-7,12-13,18-19H2,(H,33,35)(H,34,36)/t27-,28-/m1/s1. The molecule has 2 N–H and O–H groups in total. The Morgan fingerprint density at radius 3 is 1.45 bits per heavy atom. The minimum atomic E-state index is -0.208. The van der Waals surface area contributed by atoms with Gasteiger partial charge in [-0.1, -0.05) is 68.0 Å². The van der Waals surface area contributed by atoms with E-state index in [1.165, 1.54) is 0 Å². The summed E-state index contributed by atoms with van der Waals surface area (Å²) in [6, 6.07) is 23.0. The minimum Gasteiger partial charge on any atom is -0.488 e. The van der Waals surface area contributed by atoms with Gasteiger partial charge in [0.15, 0.2) is 0 Å². The molecule has 0 aromatic heterocycles. The number of hydrogen-bond donors (Lipinski definition) is 2. The van der Waals surface area contributed by atoms with Crippen LogP contribution in [0.1, 0.15) is 46.4 Å². The van der Waals surface area contributed by atoms with Crippen LogP contribution in [0.2, 0.25) is 0 Å². The molecule has 1 aliphatic heterocycles. The predicted molar refractivity (Wildman–Crippen MR) is 149 cm³/mol. The maximum absolute atomic E-state index is 13.6. The molecule has 2 atom stereocenters. The zero-order valence-corrected chi connectivity index (χ0v) is 21.2. The van der Waals surface area contributed by atoms with Crippen molar-refractivity contribution in [2.45, 2.75) is 37.8 Å². The molecule has 192 valence electrons. The number of ether oxygens (including phenoxy) is 2. The van der Waals surface area contributed by atoms with E-state index in [0.29, 0.717) is 28.2 Å². The molecule has 1 fully saturated rings. The van der Waals surface area contributed by atoms with Crippen molar-refractivity contribution in [2.24, 2.45) is 0 Å². The zero-order chi connectivity index (χ0) is 26.1. The smallest absolute Gasteiger partial charge is 0.255 e. The van der Waals surface area contributed by atoms with Crippen molar-refractivity contribution in [3.8, 4) is 11.5 Å². The minimum absolute atomic E-state index is 0.180. The molecule has 1 heterocycles. The Labute approximate surface area is 221 Å². The van der Waals surface area contributed by atoms with Gasteiger partial charge in [-0.2, -0.15) is 0 Å². The van der Waals surface area contributed by atoms with E-state index >= 15 is 0 Å². The highest BCUT2D eigenvalue weighted by atomic mass is 16.5. The molecule has 1 aliphatic carbocycles. The molecule has 2 amide bonds. The monoisotopic (exact) mass is 506 g/mol. The van der Waals surface area contributed by atoms with Crippen LogP contribution in [0, 0.1) is 0 Å². The van der Waals surface area contributed by atoms with Crippen LogP contribution in [0.25, 0.3) is 21.5 Å². The van der Waals surface area contributed by atoms with Gasteiger partial charge in [-0.15, -0.1) is 0 Å². The van der Waals surface area contributed by atoms with Crippen LogP contribution in [0.4, 0.5) is 0 Å². The maximum atomic E-state index is 13.6. The van der Waals surface area contributed by atoms with Gasteiger partial charge in [0.2, 0.25) is 0 Å². The van der Waals surface area contributed by atoms with E-state index in [1.807, 2.05) is 72.8 Å². The normalized spacial score (nSPS) is 20.5. The number of carbonyl (C=O) groups excluding carboxylic acids is 2. The van der Waals surface area contributed by atoms with E-state index < -0.39 is 0 Å². The number of benzene rings is 4. The molecule has 6 rings (SSSR count). The summed E-state index contributed by atoms with van der Waals surface area (Å²) in [5.74, 6) is 0.583. The van der Waals surface area contributed by atoms with Gasteiger partial charge in [-0.25, -0.2) is 0 Å². The second-order valence-corrected chi connectivity index (χ2v) is 10.2. The molecule has 0 saturated heterocycles. The third kappa shape index (κ3) is 4.82. The third-order valence-electron chi connectivity index (χ3n) is 7.45. The topological polar surface area (TPSA) is 76.7 Å². The first-order valence-corrected chi connectivity index (χ1v) is 13.1. The fourth-order valence-electron chi connectivity index (χ4n) is 5.40. The molecule has 1 saturated carbocycles. The molecule has 4 aromatic carbocycles. The summed E-state index contributed by atoms with van der Waals surface area (Å²) in [5, 5.41) is 10.3. The number of amides is 2. The van der Waals surface area contributed by atoms with Gasteiger partial charge >= 0.3 is 0 Å². The summed E-state index contributed by atoms with van der Waals surface area (Å²) in [6.45, 7) is 4.48. The number of carbonyl (C=O) groups is 2. The quantitative estimate of drug-likeness (QED) is 0.296. The number of fused-ring (bicyclic) bond motifs is 5. The Kier molecular flexibility index (Phi) is 6.46. The van der Waals surface area contributed by atoms with E-state index in [1.54, 1.807) is 0 Å². The van der Waals surface area contributed by atoms with Crippen LogP contribution in [-0.2, 0) is 0 Å². The van der Waals surface area contributed by atoms with Crippen molar-refractivity contribution in [1.29, 1.82) is 0 Å². The third-order valence-corrected chi connectivity index (χ3v) is 7.45. The van der Waals surface area contributed by atoms with Crippen LogP contribution < -0.4 is 20.1 Å². The highest BCUT2D eigenvalue weighted by molar-refractivity contribution is 6.03. The van der Waals surface area contributed by atoms with Crippen molar-refractivity contribution in [2.75, 3.05) is 13.2 Å². The van der Waals surface area contributed by atoms with Gasteiger partial charge in [-0.3, -0.25) is 9.59 Å². The highest BCUT2D eigenvalue weighted by Gasteiger charge is 2.30. The Morgan fingerprint density at radius 2 is 1.03 bits per heavy atom. The first-order valence-electron chi connectivity index (χ1n) is 13.1. The van der Waals surface area contributed by atoms with Crippen LogP contribution in [0.5, 0.6) is 11.5 Å². The average molecular weight is 507 g/mol. The Bertz CT molecular complexity index is 1440. The summed E-state index contributed by atoms with van der Waals surface area (Å²) in [7, 11) is 0. The number of nitrogens with one attached hydrogen (secondary N) is 2. The molecule has 2 aliphatic rings. The van der Waals surface area contributed by atoms with E-state index in [2.05, 4.69) is 17.2 Å². The number of rotatable bonds is 0. The fourth-order valence-corrected chi connectivity index (χ4v) is 5.40. The zero-order valence-electron chi connectivity index (χ0n) is 21.2. The van der Waals surface area contributed by atoms with Gasteiger partial charge in [0.25, 0.3) is 11.8 Å². The summed E-state index contributed by atoms with van der Waals surface area (Å²) >= 11 is 0. The largest absolute Gasteiger partial charge is 0.488 e. The van der Waals surface area contributed by atoms with Gasteiger partial charge in [0, 0.05) is 12.1 Å². The predicted octanol–water partition coefficient (Wildman–Crippen LogP) is 5.79. The van der Waals surface area contributed by atoms with E-state index in [4.69, 9.17) is 9.47 Å². The van der Waals surface area contributed by atoms with E-state index in [0.717, 1.165) is 47.2 Å². The first kappa shape index (κ1) is 24.0. The SMILES string of the molecule is C=C1COc2cc3ccccc3cc2C(=O)N[C@@H]2CCCC[C@H]2NC(=O)c2cc3ccccc3cc2OC1. The van der Waals surface area contributed by atoms with Crippen molar-refractivity contribution in [3.05, 3.63) is 96.1 Å². The maximum Gasteiger partial charge on any atom is 0.255 e. The van der Waals surface area contributed by atoms with E-state index in [-0.39, 0.29) is 37.1 Å². The lowest BCUT2D eigenvalue weighted by Crippen LogP contribution is -2.53. The Hall–Kier alpha value is -4.32. The van der Waals surface area contributed by atoms with Gasteiger partial charge in [0.1, 0.15) is 24.7 Å². The average Bonchev–Trinajstić information content (AvgIpc) is 2.94. The van der Waals surface area contributed by atoms with Crippen LogP contribution in [-0.4, -0.2) is 37.1 Å². The number of hydrogen-bond acceptors (Lipinski definition) is 4. The second kappa shape index (κ2) is 10.2. The fraction of sp³-hybridized carbons (Fsp3) is 0.250. The van der Waals surface area contributed by atoms with Crippen LogP contribution >= 0.6 is 0 Å². The first-order chi connectivity index (χ1) is 18.5. The summed E-state index contributed by atoms with van der Waals surface area (Å²) in [6.07, 6.45) is 3.56. The lowest BCUT2D eigenvalue weighted by molar-refractivity contribution is 0.0859. The van der Waals surface area contributed by atoms with Crippen LogP contribution in [0.3, 0.4) is 0 Å². The molecule has 6 nitrogen and oxygen atoms in total. The van der Waals surface area contributed by atoms with Crippen molar-refractivity contribution >= 4 is 33.4 Å². The lowest BCUT2D eigenvalue weighted by atomic mass is 9.89. The summed E-state index contributed by atoms with van der Waals surface area (Å²) in [4.78, 5) is 27.2. The van der Waals surface area contributed by atoms with E-state index in [9.17, 15) is 9.59 Å². The summed E-state index contributed by atoms with van der Waals surface area (Å²) in [5.41, 5.74) is 1.63. The molecule has 0 spiro atoms. The van der Waals surface area contributed by atoms with Gasteiger partial charge in [-0.05, 0) is 64.2 Å². The van der Waals surface area contributed by atoms with Crippen molar-refractivity contribution in [1.82, 2.24) is 10.6 Å². The van der Waals surface area contributed by atoms with Crippen molar-refractivity contribution in [3.63, 3.8) is 0 Å². The molecular weight excluding hydrogens is 476 g/mol. The lowest BCUT2D eigenvalue weighted by Gasteiger charge is -2.33. The van der Waals surface area contributed by atoms with Crippen molar-refractivity contribution < 1.29 is 19.1 Å². The second-order valence-electron chi connectivity index (χ2n) is 10.2. The van der Waals surface area contributed by atoms with Crippen LogP contribution in [0.15, 0.2) is 84.9 Å². The van der Waals surface area contributed by atoms with Gasteiger partial charge < -0.3 is 20.1 Å². The molecule has 0 unspecified atom stereocenters. The molecule has 0 bridgehead atoms. The highest BCUT2D eigenvalue weighted by Crippen LogP contribution is 2.30. The Morgan fingerprint density at radius 1 is 0.632 bits per heavy atom. The summed E-state index contributed by atoms with van der Waals surface area (Å²) < 4.78 is 12.3.